The van der Waals surface area contributed by atoms with Gasteiger partial charge < -0.3 is 19.9 Å². The zero-order valence-corrected chi connectivity index (χ0v) is 25.0. The molecule has 43 heavy (non-hydrogen) atoms. The molecule has 2 N–H and O–H groups in total. The molecule has 1 aliphatic carbocycles. The van der Waals surface area contributed by atoms with E-state index in [1.54, 1.807) is 11.0 Å². The maximum Gasteiger partial charge on any atom is 0.255 e. The van der Waals surface area contributed by atoms with Crippen LogP contribution in [0, 0.1) is 5.92 Å². The molecule has 2 saturated heterocycles. The normalized spacial score (nSPS) is 24.7. The van der Waals surface area contributed by atoms with Crippen molar-refractivity contribution in [2.75, 3.05) is 24.5 Å². The third-order valence-corrected chi connectivity index (χ3v) is 9.78. The Bertz CT molecular complexity index is 1410. The lowest BCUT2D eigenvalue weighted by molar-refractivity contribution is -0.136. The predicted octanol–water partition coefficient (Wildman–Crippen LogP) is 4.71. The fraction of sp³-hybridized carbons (Fsp3) is 0.457. The number of allylic oxidation sites excluding steroid dienone is 2. The highest BCUT2D eigenvalue weighted by Gasteiger charge is 2.39. The highest BCUT2D eigenvalue weighted by molar-refractivity contribution is 6.05. The van der Waals surface area contributed by atoms with Gasteiger partial charge in [-0.05, 0) is 91.6 Å². The number of ether oxygens (including phenoxy) is 1. The average molecular weight is 583 g/mol. The lowest BCUT2D eigenvalue weighted by Gasteiger charge is -2.38. The van der Waals surface area contributed by atoms with Gasteiger partial charge in [-0.15, -0.1) is 0 Å². The number of carbonyl (C=O) groups excluding carboxylic acids is 3. The number of amides is 3. The van der Waals surface area contributed by atoms with Crippen molar-refractivity contribution in [3.8, 4) is 5.75 Å². The lowest BCUT2D eigenvalue weighted by Crippen LogP contribution is -2.52. The molecule has 8 nitrogen and oxygen atoms in total. The number of anilines is 1. The number of rotatable bonds is 10. The standard InChI is InChI=1S/C35H42N4O4/c1-4-22(2)23(3)25-5-7-28(8-6-25)38-15-13-24(14-16-38)20-36-27-18-30(19-27)43-29-9-10-31-26(17-29)21-39(35(31)42)32-11-12-33(40)37-34(32)41/h4-10,17,23-24,27,30,32,36H,1-2,11-16,18-21H2,3H3,(H,37,40,41)/t23-,27?,30?,32?/m0/s1. The molecular formula is C35H42N4O4. The summed E-state index contributed by atoms with van der Waals surface area (Å²) in [5.74, 6) is 0.914. The van der Waals surface area contributed by atoms with Gasteiger partial charge in [0.25, 0.3) is 5.91 Å². The number of hydrogen-bond donors (Lipinski definition) is 2. The zero-order valence-electron chi connectivity index (χ0n) is 25.0. The number of imide groups is 1. The smallest absolute Gasteiger partial charge is 0.255 e. The minimum absolute atomic E-state index is 0.159. The van der Waals surface area contributed by atoms with Crippen molar-refractivity contribution in [1.29, 1.82) is 0 Å². The molecule has 3 amide bonds. The summed E-state index contributed by atoms with van der Waals surface area (Å²) in [6, 6.07) is 14.4. The van der Waals surface area contributed by atoms with Gasteiger partial charge in [-0.25, -0.2) is 0 Å². The van der Waals surface area contributed by atoms with Gasteiger partial charge in [0.15, 0.2) is 0 Å². The van der Waals surface area contributed by atoms with E-state index in [0.29, 0.717) is 30.5 Å². The van der Waals surface area contributed by atoms with E-state index < -0.39 is 6.04 Å². The number of carbonyl (C=O) groups is 3. The first-order valence-corrected chi connectivity index (χ1v) is 15.6. The second-order valence-corrected chi connectivity index (χ2v) is 12.6. The maximum absolute atomic E-state index is 12.9. The molecule has 0 aromatic heterocycles. The molecular weight excluding hydrogens is 540 g/mol. The molecule has 2 aromatic rings. The van der Waals surface area contributed by atoms with E-state index >= 15 is 0 Å². The molecule has 3 aliphatic heterocycles. The van der Waals surface area contributed by atoms with Crippen LogP contribution in [0.2, 0.25) is 0 Å². The molecule has 4 aliphatic rings. The average Bonchev–Trinajstić information content (AvgIpc) is 3.32. The van der Waals surface area contributed by atoms with Crippen LogP contribution in [-0.2, 0) is 16.1 Å². The highest BCUT2D eigenvalue weighted by atomic mass is 16.5. The van der Waals surface area contributed by atoms with Gasteiger partial charge in [-0.3, -0.25) is 19.7 Å². The van der Waals surface area contributed by atoms with Crippen LogP contribution in [0.3, 0.4) is 0 Å². The van der Waals surface area contributed by atoms with Gasteiger partial charge in [-0.2, -0.15) is 0 Å². The molecule has 0 bridgehead atoms. The van der Waals surface area contributed by atoms with Crippen LogP contribution in [0.5, 0.6) is 5.75 Å². The van der Waals surface area contributed by atoms with Crippen molar-refractivity contribution in [2.45, 2.75) is 76.1 Å². The Morgan fingerprint density at radius 3 is 2.53 bits per heavy atom. The second kappa shape index (κ2) is 12.4. The fourth-order valence-electron chi connectivity index (χ4n) is 6.74. The van der Waals surface area contributed by atoms with Crippen molar-refractivity contribution in [1.82, 2.24) is 15.5 Å². The Kier molecular flexibility index (Phi) is 8.39. The Labute approximate surface area is 254 Å². The van der Waals surface area contributed by atoms with Gasteiger partial charge in [0.05, 0.1) is 0 Å². The van der Waals surface area contributed by atoms with Gasteiger partial charge in [0.2, 0.25) is 11.8 Å². The third-order valence-electron chi connectivity index (χ3n) is 9.78. The molecule has 1 saturated carbocycles. The van der Waals surface area contributed by atoms with Crippen LogP contribution in [-0.4, -0.2) is 60.4 Å². The summed E-state index contributed by atoms with van der Waals surface area (Å²) >= 11 is 0. The quantitative estimate of drug-likeness (QED) is 0.312. The summed E-state index contributed by atoms with van der Waals surface area (Å²) in [4.78, 5) is 40.8. The summed E-state index contributed by atoms with van der Waals surface area (Å²) < 4.78 is 6.24. The van der Waals surface area contributed by atoms with Gasteiger partial charge >= 0.3 is 0 Å². The molecule has 0 spiro atoms. The first kappa shape index (κ1) is 29.2. The number of nitrogens with one attached hydrogen (secondary N) is 2. The monoisotopic (exact) mass is 582 g/mol. The number of piperidine rings is 2. The Balaban J connectivity index is 0.912. The van der Waals surface area contributed by atoms with Crippen LogP contribution in [0.4, 0.5) is 5.69 Å². The zero-order chi connectivity index (χ0) is 30.1. The van der Waals surface area contributed by atoms with E-state index in [0.717, 1.165) is 49.4 Å². The summed E-state index contributed by atoms with van der Waals surface area (Å²) in [5, 5.41) is 6.11. The van der Waals surface area contributed by atoms with Crippen LogP contribution in [0.1, 0.15) is 72.9 Å². The van der Waals surface area contributed by atoms with E-state index in [1.807, 2.05) is 18.2 Å². The van der Waals surface area contributed by atoms with E-state index in [4.69, 9.17) is 4.74 Å². The second-order valence-electron chi connectivity index (χ2n) is 12.6. The highest BCUT2D eigenvalue weighted by Crippen LogP contribution is 2.33. The molecule has 6 rings (SSSR count). The summed E-state index contributed by atoms with van der Waals surface area (Å²) in [6.45, 7) is 13.7. The topological polar surface area (TPSA) is 91.0 Å². The van der Waals surface area contributed by atoms with Crippen molar-refractivity contribution in [2.24, 2.45) is 5.92 Å². The third kappa shape index (κ3) is 6.25. The van der Waals surface area contributed by atoms with E-state index in [-0.39, 0.29) is 36.2 Å². The van der Waals surface area contributed by atoms with Crippen LogP contribution in [0.25, 0.3) is 0 Å². The van der Waals surface area contributed by atoms with Crippen molar-refractivity contribution >= 4 is 23.4 Å². The minimum atomic E-state index is -0.600. The molecule has 3 heterocycles. The number of nitrogens with zero attached hydrogens (tertiary/aromatic N) is 2. The summed E-state index contributed by atoms with van der Waals surface area (Å²) in [5.41, 5.74) is 5.10. The van der Waals surface area contributed by atoms with Crippen molar-refractivity contribution < 1.29 is 19.1 Å². The molecule has 2 aromatic carbocycles. The molecule has 2 atom stereocenters. The molecule has 8 heteroatoms. The largest absolute Gasteiger partial charge is 0.490 e. The first-order chi connectivity index (χ1) is 20.8. The van der Waals surface area contributed by atoms with E-state index in [2.05, 4.69) is 59.9 Å². The van der Waals surface area contributed by atoms with Gasteiger partial charge in [0, 0.05) is 49.3 Å². The predicted molar refractivity (Wildman–Crippen MR) is 167 cm³/mol. The molecule has 1 unspecified atom stereocenters. The summed E-state index contributed by atoms with van der Waals surface area (Å²) in [6.07, 6.45) is 6.94. The molecule has 0 radical (unpaired) electrons. The fourth-order valence-corrected chi connectivity index (χ4v) is 6.74. The first-order valence-electron chi connectivity index (χ1n) is 15.6. The van der Waals surface area contributed by atoms with E-state index in [1.165, 1.54) is 24.1 Å². The van der Waals surface area contributed by atoms with Crippen molar-refractivity contribution in [3.05, 3.63) is 84.0 Å². The summed E-state index contributed by atoms with van der Waals surface area (Å²) in [7, 11) is 0. The van der Waals surface area contributed by atoms with Crippen LogP contribution < -0.4 is 20.3 Å². The van der Waals surface area contributed by atoms with Crippen LogP contribution in [0.15, 0.2) is 67.3 Å². The maximum atomic E-state index is 12.9. The molecule has 226 valence electrons. The Hall–Kier alpha value is -3.91. The number of hydrogen-bond acceptors (Lipinski definition) is 6. The van der Waals surface area contributed by atoms with Crippen LogP contribution >= 0.6 is 0 Å². The minimum Gasteiger partial charge on any atom is -0.490 e. The lowest BCUT2D eigenvalue weighted by atomic mass is 9.88. The Morgan fingerprint density at radius 2 is 1.84 bits per heavy atom. The number of benzene rings is 2. The number of fused-ring (bicyclic) bond motifs is 1. The van der Waals surface area contributed by atoms with Gasteiger partial charge in [-0.1, -0.05) is 38.3 Å². The Morgan fingerprint density at radius 1 is 1.09 bits per heavy atom. The SMILES string of the molecule is C=CC(=C)[C@H](C)c1ccc(N2CCC(CNC3CC(Oc4ccc5c(c4)CN(C4CCC(=O)NC4=O)C5=O)C3)CC2)cc1. The van der Waals surface area contributed by atoms with Crippen molar-refractivity contribution in [3.63, 3.8) is 0 Å². The van der Waals surface area contributed by atoms with E-state index in [9.17, 15) is 14.4 Å². The van der Waals surface area contributed by atoms with Gasteiger partial charge in [0.1, 0.15) is 17.9 Å². The molecule has 3 fully saturated rings.